The van der Waals surface area contributed by atoms with Gasteiger partial charge in [0.2, 0.25) is 0 Å². The van der Waals surface area contributed by atoms with E-state index in [0.717, 1.165) is 23.4 Å². The van der Waals surface area contributed by atoms with Gasteiger partial charge in [-0.25, -0.2) is 4.99 Å². The second-order valence-electron chi connectivity index (χ2n) is 8.68. The van der Waals surface area contributed by atoms with E-state index in [1.807, 2.05) is 6.08 Å². The third kappa shape index (κ3) is 4.24. The molecule has 5 nitrogen and oxygen atoms in total. The smallest absolute Gasteiger partial charge is 0.264 e. The monoisotopic (exact) mass is 489 g/mol. The minimum Gasteiger partial charge on any atom is -0.496 e. The molecule has 1 amide bonds. The molecule has 2 aromatic rings. The maximum absolute atomic E-state index is 12.6. The Hall–Kier alpha value is -2.15. The van der Waals surface area contributed by atoms with Gasteiger partial charge in [0.25, 0.3) is 5.91 Å². The number of anilines is 1. The molecule has 168 valence electrons. The lowest BCUT2D eigenvalue weighted by Crippen LogP contribution is -2.45. The number of hydrogen-bond acceptors (Lipinski definition) is 5. The minimum absolute atomic E-state index is 0.0611. The predicted molar refractivity (Wildman–Crippen MR) is 136 cm³/mol. The van der Waals surface area contributed by atoms with Crippen molar-refractivity contribution in [3.63, 3.8) is 0 Å². The second-order valence-corrected chi connectivity index (χ2v) is 10.5. The fourth-order valence-corrected chi connectivity index (χ4v) is 5.37. The average Bonchev–Trinajstić information content (AvgIpc) is 3.08. The lowest BCUT2D eigenvalue weighted by molar-refractivity contribution is -0.115. The summed E-state index contributed by atoms with van der Waals surface area (Å²) in [6.45, 7) is 6.75. The number of fused-ring (bicyclic) bond motifs is 1. The highest BCUT2D eigenvalue weighted by Crippen LogP contribution is 2.45. The van der Waals surface area contributed by atoms with Gasteiger partial charge in [0.1, 0.15) is 5.75 Å². The standard InChI is InChI=1S/C24H25Cl2N3O2S/c1-13-12-24(2,3)29(4)18-11-19(31-5)14(9-15(13)18)10-20-22(30)28-23(32-20)27-17-8-6-7-16(25)21(17)26/h6-11,13H,12H2,1-5H3,(H,27,28,30)/b20-10+. The molecule has 2 heterocycles. The molecule has 2 aliphatic rings. The Balaban J connectivity index is 1.70. The number of ether oxygens (including phenoxy) is 1. The number of benzene rings is 2. The molecule has 0 bridgehead atoms. The molecule has 0 aliphatic carbocycles. The first-order valence-corrected chi connectivity index (χ1v) is 11.9. The van der Waals surface area contributed by atoms with Crippen molar-refractivity contribution in [1.29, 1.82) is 0 Å². The Morgan fingerprint density at radius 3 is 2.78 bits per heavy atom. The molecule has 1 fully saturated rings. The Morgan fingerprint density at radius 1 is 1.31 bits per heavy atom. The number of methoxy groups -OCH3 is 1. The number of carbonyl (C=O) groups is 1. The average molecular weight is 490 g/mol. The van der Waals surface area contributed by atoms with Gasteiger partial charge in [-0.3, -0.25) is 4.79 Å². The third-order valence-electron chi connectivity index (χ3n) is 6.08. The summed E-state index contributed by atoms with van der Waals surface area (Å²) < 4.78 is 5.69. The number of nitrogens with one attached hydrogen (secondary N) is 1. The minimum atomic E-state index is -0.210. The van der Waals surface area contributed by atoms with E-state index < -0.39 is 0 Å². The maximum Gasteiger partial charge on any atom is 0.264 e. The van der Waals surface area contributed by atoms with Gasteiger partial charge < -0.3 is 15.0 Å². The summed E-state index contributed by atoms with van der Waals surface area (Å²) in [4.78, 5) is 19.9. The van der Waals surface area contributed by atoms with E-state index in [1.54, 1.807) is 25.3 Å². The van der Waals surface area contributed by atoms with Crippen molar-refractivity contribution in [3.8, 4) is 5.75 Å². The van der Waals surface area contributed by atoms with Crippen molar-refractivity contribution in [2.24, 2.45) is 4.99 Å². The first kappa shape index (κ1) is 23.0. The molecule has 4 rings (SSSR count). The fourth-order valence-electron chi connectivity index (χ4n) is 4.21. The summed E-state index contributed by atoms with van der Waals surface area (Å²) in [5, 5.41) is 4.03. The number of thioether (sulfide) groups is 1. The first-order chi connectivity index (χ1) is 15.1. The second kappa shape index (κ2) is 8.65. The summed E-state index contributed by atoms with van der Waals surface area (Å²) in [6, 6.07) is 9.41. The van der Waals surface area contributed by atoms with Crippen molar-refractivity contribution in [2.45, 2.75) is 38.6 Å². The summed E-state index contributed by atoms with van der Waals surface area (Å²) in [7, 11) is 3.77. The molecule has 0 spiro atoms. The van der Waals surface area contributed by atoms with Crippen LogP contribution in [0.15, 0.2) is 40.2 Å². The van der Waals surface area contributed by atoms with Crippen LogP contribution in [0.3, 0.4) is 0 Å². The van der Waals surface area contributed by atoms with Gasteiger partial charge >= 0.3 is 0 Å². The van der Waals surface area contributed by atoms with Gasteiger partial charge in [0.15, 0.2) is 5.17 Å². The highest BCUT2D eigenvalue weighted by atomic mass is 35.5. The zero-order chi connectivity index (χ0) is 23.2. The Kier molecular flexibility index (Phi) is 6.23. The topological polar surface area (TPSA) is 53.9 Å². The van der Waals surface area contributed by atoms with E-state index in [2.05, 4.69) is 55.2 Å². The van der Waals surface area contributed by atoms with Crippen LogP contribution in [0.4, 0.5) is 11.4 Å². The first-order valence-electron chi connectivity index (χ1n) is 10.3. The normalized spacial score (nSPS) is 22.3. The Morgan fingerprint density at radius 2 is 2.06 bits per heavy atom. The van der Waals surface area contributed by atoms with Crippen LogP contribution in [0, 0.1) is 0 Å². The van der Waals surface area contributed by atoms with E-state index >= 15 is 0 Å². The quantitative estimate of drug-likeness (QED) is 0.492. The summed E-state index contributed by atoms with van der Waals surface area (Å²) in [6.07, 6.45) is 2.90. The number of amides is 1. The number of aliphatic imine (C=N–C) groups is 1. The number of halogens is 2. The lowest BCUT2D eigenvalue weighted by atomic mass is 9.80. The molecule has 32 heavy (non-hydrogen) atoms. The molecular formula is C24H25Cl2N3O2S. The summed E-state index contributed by atoms with van der Waals surface area (Å²) in [5.74, 6) is 0.911. The molecule has 0 radical (unpaired) electrons. The van der Waals surface area contributed by atoms with Gasteiger partial charge in [0, 0.05) is 29.9 Å². The predicted octanol–water partition coefficient (Wildman–Crippen LogP) is 6.62. The molecular weight excluding hydrogens is 465 g/mol. The maximum atomic E-state index is 12.6. The van der Waals surface area contributed by atoms with Gasteiger partial charge in [-0.15, -0.1) is 0 Å². The van der Waals surface area contributed by atoms with Crippen LogP contribution in [0.25, 0.3) is 6.08 Å². The van der Waals surface area contributed by atoms with E-state index in [-0.39, 0.29) is 11.4 Å². The van der Waals surface area contributed by atoms with Gasteiger partial charge in [-0.1, -0.05) is 36.2 Å². The summed E-state index contributed by atoms with van der Waals surface area (Å²) in [5.41, 5.74) is 3.85. The highest BCUT2D eigenvalue weighted by Gasteiger charge is 2.35. The molecule has 1 atom stereocenters. The van der Waals surface area contributed by atoms with Crippen LogP contribution >= 0.6 is 35.0 Å². The largest absolute Gasteiger partial charge is 0.496 e. The molecule has 1 unspecified atom stereocenters. The molecule has 1 N–H and O–H groups in total. The van der Waals surface area contributed by atoms with E-state index in [4.69, 9.17) is 27.9 Å². The molecule has 2 aliphatic heterocycles. The van der Waals surface area contributed by atoms with Crippen LogP contribution in [0.5, 0.6) is 5.75 Å². The van der Waals surface area contributed by atoms with Crippen molar-refractivity contribution >= 4 is 63.5 Å². The number of rotatable bonds is 3. The third-order valence-corrected chi connectivity index (χ3v) is 7.79. The number of hydrogen-bond donors (Lipinski definition) is 1. The number of carbonyl (C=O) groups excluding carboxylic acids is 1. The molecule has 2 aromatic carbocycles. The zero-order valence-corrected chi connectivity index (χ0v) is 21.0. The molecule has 8 heteroatoms. The zero-order valence-electron chi connectivity index (χ0n) is 18.6. The SMILES string of the molecule is COc1cc2c(cc1/C=C1/SC(=Nc3cccc(Cl)c3Cl)NC1=O)C(C)CC(C)(C)N2C. The van der Waals surface area contributed by atoms with Crippen LogP contribution in [-0.2, 0) is 4.79 Å². The number of nitrogens with zero attached hydrogens (tertiary/aromatic N) is 2. The van der Waals surface area contributed by atoms with Crippen molar-refractivity contribution < 1.29 is 9.53 Å². The highest BCUT2D eigenvalue weighted by molar-refractivity contribution is 8.18. The molecule has 0 aromatic heterocycles. The van der Waals surface area contributed by atoms with E-state index in [1.165, 1.54) is 17.3 Å². The lowest BCUT2D eigenvalue weighted by Gasteiger charge is -2.45. The van der Waals surface area contributed by atoms with Crippen molar-refractivity contribution in [2.75, 3.05) is 19.1 Å². The fraction of sp³-hybridized carbons (Fsp3) is 0.333. The number of amidine groups is 1. The Labute approximate surface area is 202 Å². The van der Waals surface area contributed by atoms with Crippen molar-refractivity contribution in [1.82, 2.24) is 5.32 Å². The van der Waals surface area contributed by atoms with E-state index in [9.17, 15) is 4.79 Å². The van der Waals surface area contributed by atoms with Gasteiger partial charge in [-0.2, -0.15) is 0 Å². The summed E-state index contributed by atoms with van der Waals surface area (Å²) >= 11 is 13.6. The van der Waals surface area contributed by atoms with Gasteiger partial charge in [0.05, 0.1) is 27.7 Å². The van der Waals surface area contributed by atoms with Crippen molar-refractivity contribution in [3.05, 3.63) is 56.4 Å². The van der Waals surface area contributed by atoms with Crippen LogP contribution in [0.1, 0.15) is 44.2 Å². The Bertz CT molecular complexity index is 1160. The van der Waals surface area contributed by atoms with Crippen LogP contribution in [0.2, 0.25) is 10.0 Å². The van der Waals surface area contributed by atoms with Crippen LogP contribution in [-0.4, -0.2) is 30.8 Å². The van der Waals surface area contributed by atoms with Crippen LogP contribution < -0.4 is 15.0 Å². The molecule has 1 saturated heterocycles. The van der Waals surface area contributed by atoms with Gasteiger partial charge in [-0.05, 0) is 67.8 Å². The molecule has 0 saturated carbocycles. The van der Waals surface area contributed by atoms with E-state index in [0.29, 0.717) is 31.7 Å².